The lowest BCUT2D eigenvalue weighted by Gasteiger charge is -2.25. The predicted octanol–water partition coefficient (Wildman–Crippen LogP) is 3.32. The third kappa shape index (κ3) is 4.12. The third-order valence-electron chi connectivity index (χ3n) is 4.60. The summed E-state index contributed by atoms with van der Waals surface area (Å²) in [5.74, 6) is -1.45. The summed E-state index contributed by atoms with van der Waals surface area (Å²) < 4.78 is 5.55. The maximum absolute atomic E-state index is 12.8. The first-order valence-electron chi connectivity index (χ1n) is 9.36. The minimum absolute atomic E-state index is 0.101. The Morgan fingerprint density at radius 1 is 1.14 bits per heavy atom. The molecule has 0 saturated carbocycles. The molecule has 6 heteroatoms. The molecule has 1 atom stereocenters. The quantitative estimate of drug-likeness (QED) is 0.345. The number of benzene rings is 1. The van der Waals surface area contributed by atoms with Crippen LogP contribution in [0.3, 0.4) is 0 Å². The Balaban J connectivity index is 1.99. The number of aliphatic hydroxyl groups excluding tert-OH is 1. The fourth-order valence-corrected chi connectivity index (χ4v) is 3.31. The van der Waals surface area contributed by atoms with Gasteiger partial charge in [-0.15, -0.1) is 0 Å². The molecule has 1 aliphatic heterocycles. The van der Waals surface area contributed by atoms with Gasteiger partial charge in [0, 0.05) is 31.1 Å². The molecule has 146 valence electrons. The fraction of sp³-hybridized carbons (Fsp3) is 0.318. The molecular weight excluding hydrogens is 356 g/mol. The second-order valence-electron chi connectivity index (χ2n) is 6.91. The Hall–Kier alpha value is -2.99. The predicted molar refractivity (Wildman–Crippen MR) is 105 cm³/mol. The van der Waals surface area contributed by atoms with Crippen molar-refractivity contribution < 1.29 is 19.4 Å². The topological polar surface area (TPSA) is 79.7 Å². The molecule has 1 amide bonds. The number of rotatable bonds is 7. The van der Waals surface area contributed by atoms with Crippen molar-refractivity contribution >= 4 is 17.4 Å². The Labute approximate surface area is 164 Å². The number of carbonyl (C=O) groups is 2. The van der Waals surface area contributed by atoms with E-state index in [1.54, 1.807) is 48.8 Å². The molecular formula is C22H24N2O4. The van der Waals surface area contributed by atoms with Crippen molar-refractivity contribution in [2.45, 2.75) is 32.4 Å². The van der Waals surface area contributed by atoms with Crippen LogP contribution in [0.2, 0.25) is 0 Å². The van der Waals surface area contributed by atoms with E-state index in [-0.39, 0.29) is 17.4 Å². The van der Waals surface area contributed by atoms with Gasteiger partial charge in [-0.1, -0.05) is 30.3 Å². The van der Waals surface area contributed by atoms with Gasteiger partial charge in [-0.3, -0.25) is 14.6 Å². The summed E-state index contributed by atoms with van der Waals surface area (Å²) in [4.78, 5) is 31.1. The number of amides is 1. The molecule has 1 N–H and O–H groups in total. The molecule has 1 saturated heterocycles. The Morgan fingerprint density at radius 3 is 2.46 bits per heavy atom. The minimum atomic E-state index is -0.673. The zero-order valence-corrected chi connectivity index (χ0v) is 16.0. The lowest BCUT2D eigenvalue weighted by atomic mass is 9.96. The number of hydrogen-bond donors (Lipinski definition) is 1. The second kappa shape index (κ2) is 8.80. The molecule has 1 aromatic carbocycles. The van der Waals surface area contributed by atoms with Crippen LogP contribution < -0.4 is 0 Å². The van der Waals surface area contributed by atoms with Gasteiger partial charge in [0.25, 0.3) is 11.7 Å². The fourth-order valence-electron chi connectivity index (χ4n) is 3.31. The Kier molecular flexibility index (Phi) is 6.21. The standard InChI is InChI=1S/C22H24N2O4/c1-15(2)28-14-6-13-24-19(16-9-11-23-12-10-16)18(21(26)22(24)27)20(25)17-7-4-3-5-8-17/h3-5,7-12,15,19,25H,6,13-14H2,1-2H3/b20-18-. The maximum Gasteiger partial charge on any atom is 0.295 e. The molecule has 0 bridgehead atoms. The number of aliphatic hydroxyl groups is 1. The van der Waals surface area contributed by atoms with Gasteiger partial charge in [0.1, 0.15) is 5.76 Å². The van der Waals surface area contributed by atoms with E-state index in [2.05, 4.69) is 4.98 Å². The lowest BCUT2D eigenvalue weighted by Crippen LogP contribution is -2.31. The molecule has 0 spiro atoms. The summed E-state index contributed by atoms with van der Waals surface area (Å²) in [5.41, 5.74) is 1.34. The third-order valence-corrected chi connectivity index (χ3v) is 4.60. The van der Waals surface area contributed by atoms with Crippen molar-refractivity contribution in [1.82, 2.24) is 9.88 Å². The van der Waals surface area contributed by atoms with E-state index < -0.39 is 17.7 Å². The van der Waals surface area contributed by atoms with Gasteiger partial charge in [0.05, 0.1) is 17.7 Å². The van der Waals surface area contributed by atoms with E-state index in [4.69, 9.17) is 4.74 Å². The van der Waals surface area contributed by atoms with Gasteiger partial charge in [-0.25, -0.2) is 0 Å². The number of aromatic nitrogens is 1. The summed E-state index contributed by atoms with van der Waals surface area (Å²) in [7, 11) is 0. The average molecular weight is 380 g/mol. The number of carbonyl (C=O) groups excluding carboxylic acids is 2. The van der Waals surface area contributed by atoms with Crippen molar-refractivity contribution in [3.8, 4) is 0 Å². The van der Waals surface area contributed by atoms with E-state index >= 15 is 0 Å². The highest BCUT2D eigenvalue weighted by molar-refractivity contribution is 6.46. The molecule has 3 rings (SSSR count). The summed E-state index contributed by atoms with van der Waals surface area (Å²) in [6.45, 7) is 4.74. The van der Waals surface area contributed by atoms with Crippen LogP contribution in [0.25, 0.3) is 5.76 Å². The summed E-state index contributed by atoms with van der Waals surface area (Å²) in [6, 6.07) is 11.7. The molecule has 2 aromatic rings. The molecule has 28 heavy (non-hydrogen) atoms. The van der Waals surface area contributed by atoms with Crippen LogP contribution in [0.15, 0.2) is 60.4 Å². The second-order valence-corrected chi connectivity index (χ2v) is 6.91. The Morgan fingerprint density at radius 2 is 1.82 bits per heavy atom. The van der Waals surface area contributed by atoms with Crippen molar-refractivity contribution in [1.29, 1.82) is 0 Å². The SMILES string of the molecule is CC(C)OCCCN1C(=O)C(=O)/C(=C(\O)c2ccccc2)C1c1ccncc1. The summed E-state index contributed by atoms with van der Waals surface area (Å²) >= 11 is 0. The van der Waals surface area contributed by atoms with Crippen LogP contribution in [0.5, 0.6) is 0 Å². The van der Waals surface area contributed by atoms with Crippen LogP contribution in [0.1, 0.15) is 37.4 Å². The zero-order chi connectivity index (χ0) is 20.1. The lowest BCUT2D eigenvalue weighted by molar-refractivity contribution is -0.140. The first kappa shape index (κ1) is 19.8. The van der Waals surface area contributed by atoms with Crippen LogP contribution in [-0.4, -0.2) is 45.9 Å². The molecule has 6 nitrogen and oxygen atoms in total. The zero-order valence-electron chi connectivity index (χ0n) is 16.0. The van der Waals surface area contributed by atoms with E-state index in [1.807, 2.05) is 19.9 Å². The summed E-state index contributed by atoms with van der Waals surface area (Å²) in [5, 5.41) is 10.8. The molecule has 1 fully saturated rings. The Bertz CT molecular complexity index is 863. The summed E-state index contributed by atoms with van der Waals surface area (Å²) in [6.07, 6.45) is 3.92. The van der Waals surface area contributed by atoms with Crippen LogP contribution >= 0.6 is 0 Å². The van der Waals surface area contributed by atoms with E-state index in [9.17, 15) is 14.7 Å². The van der Waals surface area contributed by atoms with Gasteiger partial charge < -0.3 is 14.7 Å². The highest BCUT2D eigenvalue weighted by Crippen LogP contribution is 2.39. The number of likely N-dealkylation sites (tertiary alicyclic amines) is 1. The van der Waals surface area contributed by atoms with Gasteiger partial charge in [-0.05, 0) is 38.0 Å². The van der Waals surface area contributed by atoms with Crippen LogP contribution in [0, 0.1) is 0 Å². The van der Waals surface area contributed by atoms with Gasteiger partial charge in [0.2, 0.25) is 0 Å². The van der Waals surface area contributed by atoms with Crippen molar-refractivity contribution in [2.24, 2.45) is 0 Å². The molecule has 0 radical (unpaired) electrons. The first-order valence-corrected chi connectivity index (χ1v) is 9.36. The van der Waals surface area contributed by atoms with E-state index in [1.165, 1.54) is 4.90 Å². The van der Waals surface area contributed by atoms with Crippen molar-refractivity contribution in [3.63, 3.8) is 0 Å². The highest BCUT2D eigenvalue weighted by Gasteiger charge is 2.45. The number of Topliss-reactive ketones (excluding diaryl/α,β-unsaturated/α-hetero) is 1. The van der Waals surface area contributed by atoms with Crippen molar-refractivity contribution in [3.05, 3.63) is 71.6 Å². The molecule has 1 unspecified atom stereocenters. The number of hydrogen-bond acceptors (Lipinski definition) is 5. The first-order chi connectivity index (χ1) is 13.5. The van der Waals surface area contributed by atoms with E-state index in [0.717, 1.165) is 5.56 Å². The molecule has 1 aromatic heterocycles. The van der Waals surface area contributed by atoms with Crippen LogP contribution in [0.4, 0.5) is 0 Å². The number of ether oxygens (including phenoxy) is 1. The maximum atomic E-state index is 12.8. The van der Waals surface area contributed by atoms with Crippen molar-refractivity contribution in [2.75, 3.05) is 13.2 Å². The number of ketones is 1. The highest BCUT2D eigenvalue weighted by atomic mass is 16.5. The van der Waals surface area contributed by atoms with Gasteiger partial charge in [0.15, 0.2) is 0 Å². The van der Waals surface area contributed by atoms with Crippen LogP contribution in [-0.2, 0) is 14.3 Å². The van der Waals surface area contributed by atoms with E-state index in [0.29, 0.717) is 25.1 Å². The van der Waals surface area contributed by atoms with Gasteiger partial charge >= 0.3 is 0 Å². The number of pyridine rings is 1. The number of nitrogens with zero attached hydrogens (tertiary/aromatic N) is 2. The molecule has 0 aliphatic carbocycles. The molecule has 2 heterocycles. The van der Waals surface area contributed by atoms with Gasteiger partial charge in [-0.2, -0.15) is 0 Å². The normalized spacial score (nSPS) is 18.8. The minimum Gasteiger partial charge on any atom is -0.507 e. The average Bonchev–Trinajstić information content (AvgIpc) is 2.96. The monoisotopic (exact) mass is 380 g/mol. The molecule has 1 aliphatic rings. The largest absolute Gasteiger partial charge is 0.507 e. The smallest absolute Gasteiger partial charge is 0.295 e.